The Labute approximate surface area is 169 Å². The number of halogens is 1. The standard InChI is InChI=1S/C24H30N2.ClH/c1-15-12-18(15)13-17-7-9-20-21-14-25-11-10-23(21)26-22-5-3-2-4-16(22)6-8-19(17)24(20)26;/h2,4,6,10,14-15,17-18,20,22,25H,3,5,7-9,11-13H2,1H3;1H/t15-,17?,18+,20?,22?;/m1./s1. The summed E-state index contributed by atoms with van der Waals surface area (Å²) < 4.78 is 0. The van der Waals surface area contributed by atoms with Crippen molar-refractivity contribution >= 4 is 12.4 Å². The van der Waals surface area contributed by atoms with Crippen molar-refractivity contribution < 1.29 is 0 Å². The maximum atomic E-state index is 3.50. The van der Waals surface area contributed by atoms with Gasteiger partial charge in [0.15, 0.2) is 0 Å². The van der Waals surface area contributed by atoms with Gasteiger partial charge in [0, 0.05) is 35.6 Å². The molecule has 3 aliphatic carbocycles. The SMILES string of the molecule is C[C@@H]1C[C@H]1CC1CCC2C3=CNCC=C3N3C2=C1CC=C1C=CCCC13.Cl. The fourth-order valence-corrected chi connectivity index (χ4v) is 6.32. The zero-order valence-electron chi connectivity index (χ0n) is 16.3. The van der Waals surface area contributed by atoms with Gasteiger partial charge in [-0.3, -0.25) is 0 Å². The number of hydrogen-bond acceptors (Lipinski definition) is 2. The molecule has 27 heavy (non-hydrogen) atoms. The Morgan fingerprint density at radius 2 is 2.07 bits per heavy atom. The van der Waals surface area contributed by atoms with Crippen LogP contribution < -0.4 is 5.32 Å². The highest BCUT2D eigenvalue weighted by Crippen LogP contribution is 2.56. The fourth-order valence-electron chi connectivity index (χ4n) is 6.32. The first-order valence-electron chi connectivity index (χ1n) is 10.8. The van der Waals surface area contributed by atoms with Crippen molar-refractivity contribution in [3.05, 3.63) is 58.6 Å². The van der Waals surface area contributed by atoms with Crippen LogP contribution in [0.1, 0.15) is 51.9 Å². The average Bonchev–Trinajstić information content (AvgIpc) is 3.31. The first-order chi connectivity index (χ1) is 12.8. The Bertz CT molecular complexity index is 799. The topological polar surface area (TPSA) is 15.3 Å². The first kappa shape index (κ1) is 17.7. The summed E-state index contributed by atoms with van der Waals surface area (Å²) in [6, 6.07) is 0.573. The summed E-state index contributed by atoms with van der Waals surface area (Å²) in [5.74, 6) is 3.45. The lowest BCUT2D eigenvalue weighted by Gasteiger charge is -2.37. The number of allylic oxidation sites excluding steroid dienone is 5. The molecule has 1 saturated carbocycles. The lowest BCUT2D eigenvalue weighted by molar-refractivity contribution is 0.312. The van der Waals surface area contributed by atoms with Crippen LogP contribution in [0.25, 0.3) is 0 Å². The molecule has 3 heteroatoms. The Hall–Kier alpha value is -1.41. The molecule has 3 heterocycles. The maximum Gasteiger partial charge on any atom is 0.0588 e. The Morgan fingerprint density at radius 1 is 1.19 bits per heavy atom. The van der Waals surface area contributed by atoms with E-state index in [0.717, 1.165) is 24.3 Å². The second kappa shape index (κ2) is 6.58. The van der Waals surface area contributed by atoms with E-state index in [-0.39, 0.29) is 12.4 Å². The Morgan fingerprint density at radius 3 is 2.93 bits per heavy atom. The van der Waals surface area contributed by atoms with Gasteiger partial charge >= 0.3 is 0 Å². The molecule has 1 saturated heterocycles. The van der Waals surface area contributed by atoms with Crippen LogP contribution in [0.15, 0.2) is 58.6 Å². The smallest absolute Gasteiger partial charge is 0.0588 e. The van der Waals surface area contributed by atoms with Crippen molar-refractivity contribution in [3.8, 4) is 0 Å². The third-order valence-corrected chi connectivity index (χ3v) is 7.85. The molecule has 144 valence electrons. The van der Waals surface area contributed by atoms with Gasteiger partial charge in [0.25, 0.3) is 0 Å². The van der Waals surface area contributed by atoms with Crippen LogP contribution in [0.5, 0.6) is 0 Å². The Balaban J connectivity index is 0.00000160. The molecule has 3 aliphatic heterocycles. The summed E-state index contributed by atoms with van der Waals surface area (Å²) in [5.41, 5.74) is 8.21. The van der Waals surface area contributed by atoms with E-state index in [1.165, 1.54) is 50.6 Å². The van der Waals surface area contributed by atoms with Crippen molar-refractivity contribution in [2.45, 2.75) is 57.9 Å². The van der Waals surface area contributed by atoms with E-state index in [1.54, 1.807) is 22.4 Å². The van der Waals surface area contributed by atoms with Gasteiger partial charge in [-0.25, -0.2) is 0 Å². The van der Waals surface area contributed by atoms with Crippen LogP contribution in [-0.4, -0.2) is 17.5 Å². The molecule has 6 rings (SSSR count). The van der Waals surface area contributed by atoms with Crippen molar-refractivity contribution in [1.29, 1.82) is 0 Å². The molecule has 0 bridgehead atoms. The van der Waals surface area contributed by atoms with E-state index >= 15 is 0 Å². The third kappa shape index (κ3) is 2.67. The fraction of sp³-hybridized carbons (Fsp3) is 0.583. The van der Waals surface area contributed by atoms with Crippen molar-refractivity contribution in [3.63, 3.8) is 0 Å². The average molecular weight is 383 g/mol. The number of hydrogen-bond donors (Lipinski definition) is 1. The number of rotatable bonds is 2. The largest absolute Gasteiger partial charge is 0.387 e. The minimum Gasteiger partial charge on any atom is -0.387 e. The minimum absolute atomic E-state index is 0. The van der Waals surface area contributed by atoms with E-state index in [9.17, 15) is 0 Å². The van der Waals surface area contributed by atoms with Crippen LogP contribution in [0.2, 0.25) is 0 Å². The molecular weight excluding hydrogens is 352 g/mol. The summed E-state index contributed by atoms with van der Waals surface area (Å²) in [4.78, 5) is 2.80. The number of nitrogens with one attached hydrogen (secondary N) is 1. The molecule has 2 nitrogen and oxygen atoms in total. The minimum atomic E-state index is 0. The molecule has 0 aromatic heterocycles. The van der Waals surface area contributed by atoms with E-state index in [2.05, 4.69) is 47.6 Å². The summed E-state index contributed by atoms with van der Waals surface area (Å²) >= 11 is 0. The van der Waals surface area contributed by atoms with E-state index in [1.807, 2.05) is 0 Å². The van der Waals surface area contributed by atoms with Gasteiger partial charge in [-0.05, 0) is 79.9 Å². The molecule has 1 N–H and O–H groups in total. The molecule has 0 spiro atoms. The maximum absolute atomic E-state index is 3.50. The lowest BCUT2D eigenvalue weighted by Crippen LogP contribution is -2.35. The van der Waals surface area contributed by atoms with Crippen LogP contribution in [-0.2, 0) is 0 Å². The third-order valence-electron chi connectivity index (χ3n) is 7.85. The molecule has 0 aromatic rings. The first-order valence-corrected chi connectivity index (χ1v) is 10.8. The summed E-state index contributed by atoms with van der Waals surface area (Å²) in [6.07, 6.45) is 21.5. The summed E-state index contributed by atoms with van der Waals surface area (Å²) in [7, 11) is 0. The molecule has 2 fully saturated rings. The quantitative estimate of drug-likeness (QED) is 0.681. The molecular formula is C24H31ClN2. The van der Waals surface area contributed by atoms with Gasteiger partial charge in [-0.15, -0.1) is 12.4 Å². The lowest BCUT2D eigenvalue weighted by atomic mass is 9.75. The molecule has 3 unspecified atom stereocenters. The second-order valence-corrected chi connectivity index (χ2v) is 9.32. The normalized spacial score (nSPS) is 38.3. The highest BCUT2D eigenvalue weighted by molar-refractivity contribution is 5.85. The highest BCUT2D eigenvalue weighted by atomic mass is 35.5. The molecule has 6 aliphatic rings. The monoisotopic (exact) mass is 382 g/mol. The van der Waals surface area contributed by atoms with Gasteiger partial charge in [0.2, 0.25) is 0 Å². The molecule has 0 radical (unpaired) electrons. The predicted molar refractivity (Wildman–Crippen MR) is 113 cm³/mol. The summed E-state index contributed by atoms with van der Waals surface area (Å²) in [6.45, 7) is 3.43. The zero-order chi connectivity index (χ0) is 17.3. The van der Waals surface area contributed by atoms with Crippen molar-refractivity contribution in [2.24, 2.45) is 23.7 Å². The Kier molecular flexibility index (Phi) is 4.31. The van der Waals surface area contributed by atoms with Crippen LogP contribution in [0, 0.1) is 23.7 Å². The van der Waals surface area contributed by atoms with Crippen molar-refractivity contribution in [2.75, 3.05) is 6.54 Å². The van der Waals surface area contributed by atoms with Crippen LogP contribution >= 0.6 is 12.4 Å². The van der Waals surface area contributed by atoms with Gasteiger partial charge in [0.05, 0.1) is 6.04 Å². The van der Waals surface area contributed by atoms with Gasteiger partial charge < -0.3 is 10.2 Å². The molecule has 0 amide bonds. The second-order valence-electron chi connectivity index (χ2n) is 9.32. The number of fused-ring (bicyclic) bond motifs is 5. The zero-order valence-corrected chi connectivity index (χ0v) is 17.1. The number of dihydropyridines is 1. The number of nitrogens with zero attached hydrogens (tertiary/aromatic N) is 1. The van der Waals surface area contributed by atoms with Crippen LogP contribution in [0.3, 0.4) is 0 Å². The molecule has 5 atom stereocenters. The molecule has 0 aromatic carbocycles. The van der Waals surface area contributed by atoms with E-state index in [4.69, 9.17) is 0 Å². The van der Waals surface area contributed by atoms with E-state index in [0.29, 0.717) is 12.0 Å². The van der Waals surface area contributed by atoms with Gasteiger partial charge in [-0.2, -0.15) is 0 Å². The van der Waals surface area contributed by atoms with E-state index < -0.39 is 0 Å². The highest BCUT2D eigenvalue weighted by Gasteiger charge is 2.48. The predicted octanol–water partition coefficient (Wildman–Crippen LogP) is 5.47. The van der Waals surface area contributed by atoms with Crippen molar-refractivity contribution in [1.82, 2.24) is 10.2 Å². The van der Waals surface area contributed by atoms with Gasteiger partial charge in [-0.1, -0.05) is 25.2 Å². The van der Waals surface area contributed by atoms with Crippen LogP contribution in [0.4, 0.5) is 0 Å². The summed E-state index contributed by atoms with van der Waals surface area (Å²) in [5, 5.41) is 3.50. The van der Waals surface area contributed by atoms with Gasteiger partial charge in [0.1, 0.15) is 0 Å².